The Morgan fingerprint density at radius 1 is 0.895 bits per heavy atom. The summed E-state index contributed by atoms with van der Waals surface area (Å²) in [5, 5.41) is 2.75. The molecule has 0 aliphatic heterocycles. The van der Waals surface area contributed by atoms with Crippen LogP contribution in [0.5, 0.6) is 5.88 Å². The molecule has 1 heterocycles. The maximum atomic E-state index is 12.8. The number of nitrogens with zero attached hydrogens (tertiary/aromatic N) is 1. The molecule has 0 fully saturated rings. The molecule has 200 valence electrons. The van der Waals surface area contributed by atoms with Crippen LogP contribution in [-0.4, -0.2) is 44.0 Å². The van der Waals surface area contributed by atoms with Crippen LogP contribution in [0.2, 0.25) is 0 Å². The summed E-state index contributed by atoms with van der Waals surface area (Å²) in [6.07, 6.45) is 1.76. The lowest BCUT2D eigenvalue weighted by atomic mass is 10.1. The van der Waals surface area contributed by atoms with Crippen molar-refractivity contribution in [2.24, 2.45) is 0 Å². The van der Waals surface area contributed by atoms with Crippen molar-refractivity contribution in [3.63, 3.8) is 0 Å². The highest BCUT2D eigenvalue weighted by atomic mass is 32.2. The van der Waals surface area contributed by atoms with E-state index in [0.717, 1.165) is 11.8 Å². The number of aromatic nitrogens is 1. The summed E-state index contributed by atoms with van der Waals surface area (Å²) >= 11 is 0. The molecule has 10 nitrogen and oxygen atoms in total. The van der Waals surface area contributed by atoms with Crippen molar-refractivity contribution < 1.29 is 32.3 Å². The zero-order valence-corrected chi connectivity index (χ0v) is 21.9. The van der Waals surface area contributed by atoms with Gasteiger partial charge < -0.3 is 14.8 Å². The highest BCUT2D eigenvalue weighted by Gasteiger charge is 2.21. The van der Waals surface area contributed by atoms with Crippen molar-refractivity contribution in [3.8, 4) is 5.88 Å². The lowest BCUT2D eigenvalue weighted by Gasteiger charge is -2.13. The number of benzene rings is 2. The number of sulfonamides is 1. The van der Waals surface area contributed by atoms with E-state index in [2.05, 4.69) is 10.3 Å². The number of nitrogens with one attached hydrogen (secondary N) is 2. The van der Waals surface area contributed by atoms with Gasteiger partial charge in [0, 0.05) is 24.4 Å². The van der Waals surface area contributed by atoms with Crippen molar-refractivity contribution in [3.05, 3.63) is 89.6 Å². The fourth-order valence-electron chi connectivity index (χ4n) is 3.39. The maximum absolute atomic E-state index is 12.8. The summed E-state index contributed by atoms with van der Waals surface area (Å²) < 4.78 is 37.6. The molecule has 0 saturated heterocycles. The minimum atomic E-state index is -4.29. The average molecular weight is 540 g/mol. The van der Waals surface area contributed by atoms with Gasteiger partial charge in [-0.1, -0.05) is 50.2 Å². The second-order valence-electron chi connectivity index (χ2n) is 8.25. The van der Waals surface area contributed by atoms with Gasteiger partial charge in [-0.2, -0.15) is 0 Å². The summed E-state index contributed by atoms with van der Waals surface area (Å²) in [6, 6.07) is 17.5. The summed E-state index contributed by atoms with van der Waals surface area (Å²) in [4.78, 5) is 40.5. The highest BCUT2D eigenvalue weighted by Crippen LogP contribution is 2.14. The fraction of sp³-hybridized carbons (Fsp3) is 0.259. The van der Waals surface area contributed by atoms with Gasteiger partial charge in [-0.05, 0) is 49.1 Å². The van der Waals surface area contributed by atoms with Gasteiger partial charge in [-0.15, -0.1) is 0 Å². The van der Waals surface area contributed by atoms with Gasteiger partial charge in [0.05, 0.1) is 10.5 Å². The molecule has 0 aliphatic rings. The molecule has 11 heteroatoms. The maximum Gasteiger partial charge on any atom is 0.515 e. The first-order valence-corrected chi connectivity index (χ1v) is 13.5. The molecule has 1 aromatic heterocycles. The van der Waals surface area contributed by atoms with Crippen LogP contribution in [0.1, 0.15) is 53.0 Å². The molecule has 0 bridgehead atoms. The molecule has 38 heavy (non-hydrogen) atoms. The number of amides is 2. The van der Waals surface area contributed by atoms with E-state index in [-0.39, 0.29) is 28.0 Å². The van der Waals surface area contributed by atoms with E-state index >= 15 is 0 Å². The molecular weight excluding hydrogens is 510 g/mol. The zero-order valence-electron chi connectivity index (χ0n) is 21.0. The standard InChI is InChI=1S/C27H29N3O7S/c1-3-22(4-2)36-27(33)37-24-14-13-21(18-29-24)26(32)30-38(34,35)23-12-8-11-20(17-23)25(31)28-16-15-19-9-6-5-7-10-19/h5-14,17-18,22H,3-4,15-16H2,1-2H3,(H,28,31)(H,30,32). The first-order chi connectivity index (χ1) is 18.2. The Balaban J connectivity index is 1.59. The number of carbonyl (C=O) groups excluding carboxylic acids is 3. The molecule has 2 N–H and O–H groups in total. The summed E-state index contributed by atoms with van der Waals surface area (Å²) in [6.45, 7) is 4.12. The van der Waals surface area contributed by atoms with Gasteiger partial charge in [-0.3, -0.25) is 9.59 Å². The van der Waals surface area contributed by atoms with E-state index in [0.29, 0.717) is 25.8 Å². The third-order valence-corrected chi connectivity index (χ3v) is 6.86. The lowest BCUT2D eigenvalue weighted by molar-refractivity contribution is 0.0538. The third-order valence-electron chi connectivity index (χ3n) is 5.54. The average Bonchev–Trinajstić information content (AvgIpc) is 2.92. The lowest BCUT2D eigenvalue weighted by Crippen LogP contribution is -2.31. The Morgan fingerprint density at radius 3 is 2.29 bits per heavy atom. The first-order valence-electron chi connectivity index (χ1n) is 12.1. The van der Waals surface area contributed by atoms with Crippen LogP contribution in [0, 0.1) is 0 Å². The number of pyridine rings is 1. The Hall–Kier alpha value is -4.25. The number of carbonyl (C=O) groups is 3. The number of rotatable bonds is 11. The summed E-state index contributed by atoms with van der Waals surface area (Å²) in [5.41, 5.74) is 1.11. The Bertz CT molecular complexity index is 1360. The van der Waals surface area contributed by atoms with Gasteiger partial charge in [0.2, 0.25) is 5.88 Å². The van der Waals surface area contributed by atoms with Gasteiger partial charge in [0.1, 0.15) is 6.10 Å². The Kier molecular flexibility index (Phi) is 9.94. The Morgan fingerprint density at radius 2 is 1.63 bits per heavy atom. The first kappa shape index (κ1) is 28.3. The monoisotopic (exact) mass is 539 g/mol. The van der Waals surface area contributed by atoms with Crippen LogP contribution in [0.15, 0.2) is 77.8 Å². The quantitative estimate of drug-likeness (QED) is 0.350. The number of hydrogen-bond acceptors (Lipinski definition) is 8. The second kappa shape index (κ2) is 13.3. The minimum Gasteiger partial charge on any atom is -0.431 e. The van der Waals surface area contributed by atoms with E-state index in [1.54, 1.807) is 0 Å². The van der Waals surface area contributed by atoms with Crippen molar-refractivity contribution in [1.82, 2.24) is 15.0 Å². The molecular formula is C27H29N3O7S. The van der Waals surface area contributed by atoms with Crippen LogP contribution < -0.4 is 14.8 Å². The number of ether oxygens (including phenoxy) is 2. The molecule has 0 unspecified atom stereocenters. The predicted molar refractivity (Wildman–Crippen MR) is 139 cm³/mol. The molecule has 2 aromatic carbocycles. The van der Waals surface area contributed by atoms with Crippen molar-refractivity contribution in [2.75, 3.05) is 6.54 Å². The van der Waals surface area contributed by atoms with E-state index in [1.165, 1.54) is 36.4 Å². The van der Waals surface area contributed by atoms with Crippen LogP contribution >= 0.6 is 0 Å². The van der Waals surface area contributed by atoms with Crippen LogP contribution in [0.4, 0.5) is 4.79 Å². The van der Waals surface area contributed by atoms with Gasteiger partial charge in [0.25, 0.3) is 21.8 Å². The van der Waals surface area contributed by atoms with Gasteiger partial charge >= 0.3 is 6.16 Å². The second-order valence-corrected chi connectivity index (χ2v) is 9.93. The van der Waals surface area contributed by atoms with E-state index < -0.39 is 28.0 Å². The molecule has 3 rings (SSSR count). The SMILES string of the molecule is CCC(CC)OC(=O)Oc1ccc(C(=O)NS(=O)(=O)c2cccc(C(=O)NCCc3ccccc3)c2)cn1. The van der Waals surface area contributed by atoms with Crippen LogP contribution in [-0.2, 0) is 21.2 Å². The zero-order chi connectivity index (χ0) is 27.5. The number of hydrogen-bond donors (Lipinski definition) is 2. The molecule has 0 atom stereocenters. The smallest absolute Gasteiger partial charge is 0.431 e. The van der Waals surface area contributed by atoms with Gasteiger partial charge in [-0.25, -0.2) is 22.9 Å². The minimum absolute atomic E-state index is 0.0795. The fourth-order valence-corrected chi connectivity index (χ4v) is 4.41. The molecule has 0 radical (unpaired) electrons. The largest absolute Gasteiger partial charge is 0.515 e. The third kappa shape index (κ3) is 8.13. The molecule has 0 saturated carbocycles. The molecule has 3 aromatic rings. The molecule has 0 aliphatic carbocycles. The highest BCUT2D eigenvalue weighted by molar-refractivity contribution is 7.90. The van der Waals surface area contributed by atoms with Crippen molar-refractivity contribution >= 4 is 28.0 Å². The van der Waals surface area contributed by atoms with E-state index in [9.17, 15) is 22.8 Å². The van der Waals surface area contributed by atoms with Crippen molar-refractivity contribution in [2.45, 2.75) is 44.1 Å². The molecule has 2 amide bonds. The summed E-state index contributed by atoms with van der Waals surface area (Å²) in [7, 11) is -4.29. The van der Waals surface area contributed by atoms with E-state index in [1.807, 2.05) is 48.9 Å². The van der Waals surface area contributed by atoms with E-state index in [4.69, 9.17) is 9.47 Å². The normalized spacial score (nSPS) is 11.0. The molecule has 0 spiro atoms. The van der Waals surface area contributed by atoms with Crippen molar-refractivity contribution in [1.29, 1.82) is 0 Å². The Labute approximate surface area is 221 Å². The van der Waals surface area contributed by atoms with Crippen LogP contribution in [0.25, 0.3) is 0 Å². The predicted octanol–water partition coefficient (Wildman–Crippen LogP) is 3.88. The summed E-state index contributed by atoms with van der Waals surface area (Å²) in [5.74, 6) is -1.49. The van der Waals surface area contributed by atoms with Gasteiger partial charge in [0.15, 0.2) is 0 Å². The topological polar surface area (TPSA) is 141 Å². The van der Waals surface area contributed by atoms with Crippen LogP contribution in [0.3, 0.4) is 0 Å².